The van der Waals surface area contributed by atoms with Gasteiger partial charge in [0.05, 0.1) is 0 Å². The summed E-state index contributed by atoms with van der Waals surface area (Å²) >= 11 is 0. The van der Waals surface area contributed by atoms with Crippen LogP contribution >= 0.6 is 0 Å². The zero-order chi connectivity index (χ0) is 17.4. The molecule has 1 aliphatic heterocycles. The van der Waals surface area contributed by atoms with Crippen LogP contribution in [0.15, 0.2) is 18.3 Å². The van der Waals surface area contributed by atoms with Crippen LogP contribution in [0.25, 0.3) is 0 Å². The SMILES string of the molecule is CCN(CC)c1ccc(CNC(=O)NC2CCCCNC2=O)cn1. The summed E-state index contributed by atoms with van der Waals surface area (Å²) in [6.07, 6.45) is 4.34. The Kier molecular flexibility index (Phi) is 6.84. The second kappa shape index (κ2) is 9.10. The Hall–Kier alpha value is -2.31. The van der Waals surface area contributed by atoms with Crippen molar-refractivity contribution in [3.63, 3.8) is 0 Å². The maximum atomic E-state index is 12.0. The van der Waals surface area contributed by atoms with Gasteiger partial charge in [-0.15, -0.1) is 0 Å². The lowest BCUT2D eigenvalue weighted by Crippen LogP contribution is -2.48. The van der Waals surface area contributed by atoms with Crippen LogP contribution in [0.5, 0.6) is 0 Å². The first-order chi connectivity index (χ1) is 11.6. The van der Waals surface area contributed by atoms with Gasteiger partial charge in [0.25, 0.3) is 0 Å². The van der Waals surface area contributed by atoms with Crippen molar-refractivity contribution in [3.05, 3.63) is 23.9 Å². The lowest BCUT2D eigenvalue weighted by molar-refractivity contribution is -0.122. The first-order valence-corrected chi connectivity index (χ1v) is 8.66. The molecule has 0 bridgehead atoms. The molecule has 132 valence electrons. The molecule has 24 heavy (non-hydrogen) atoms. The summed E-state index contributed by atoms with van der Waals surface area (Å²) in [6, 6.07) is 3.14. The molecule has 1 aromatic heterocycles. The molecule has 1 atom stereocenters. The molecular weight excluding hydrogens is 306 g/mol. The second-order valence-electron chi connectivity index (χ2n) is 5.86. The molecule has 0 aromatic carbocycles. The van der Waals surface area contributed by atoms with Crippen molar-refractivity contribution < 1.29 is 9.59 Å². The van der Waals surface area contributed by atoms with E-state index in [9.17, 15) is 9.59 Å². The largest absolute Gasteiger partial charge is 0.357 e. The molecule has 7 heteroatoms. The predicted octanol–water partition coefficient (Wildman–Crippen LogP) is 1.40. The summed E-state index contributed by atoms with van der Waals surface area (Å²) < 4.78 is 0. The van der Waals surface area contributed by atoms with Gasteiger partial charge in [-0.2, -0.15) is 0 Å². The van der Waals surface area contributed by atoms with Gasteiger partial charge in [0.2, 0.25) is 5.91 Å². The molecule has 2 heterocycles. The van der Waals surface area contributed by atoms with E-state index in [1.165, 1.54) is 0 Å². The van der Waals surface area contributed by atoms with Gasteiger partial charge in [0.15, 0.2) is 0 Å². The number of urea groups is 1. The molecule has 3 amide bonds. The molecular formula is C17H27N5O2. The fourth-order valence-corrected chi connectivity index (χ4v) is 2.72. The third kappa shape index (κ3) is 5.11. The topological polar surface area (TPSA) is 86.4 Å². The molecule has 0 spiro atoms. The number of amides is 3. The van der Waals surface area contributed by atoms with Crippen LogP contribution in [0.4, 0.5) is 10.6 Å². The number of carbonyl (C=O) groups is 2. The Labute approximate surface area is 143 Å². The first-order valence-electron chi connectivity index (χ1n) is 8.66. The van der Waals surface area contributed by atoms with E-state index in [0.29, 0.717) is 19.5 Å². The third-order valence-electron chi connectivity index (χ3n) is 4.19. The molecule has 0 aliphatic carbocycles. The highest BCUT2D eigenvalue weighted by atomic mass is 16.2. The summed E-state index contributed by atoms with van der Waals surface area (Å²) in [7, 11) is 0. The van der Waals surface area contributed by atoms with Gasteiger partial charge in [-0.3, -0.25) is 4.79 Å². The number of nitrogens with zero attached hydrogens (tertiary/aromatic N) is 2. The van der Waals surface area contributed by atoms with E-state index in [2.05, 4.69) is 39.7 Å². The molecule has 3 N–H and O–H groups in total. The van der Waals surface area contributed by atoms with Gasteiger partial charge >= 0.3 is 6.03 Å². The molecule has 7 nitrogen and oxygen atoms in total. The third-order valence-corrected chi connectivity index (χ3v) is 4.19. The highest BCUT2D eigenvalue weighted by Crippen LogP contribution is 2.10. The van der Waals surface area contributed by atoms with Crippen LogP contribution in [0.1, 0.15) is 38.7 Å². The molecule has 1 aliphatic rings. The normalized spacial score (nSPS) is 17.6. The van der Waals surface area contributed by atoms with E-state index < -0.39 is 6.04 Å². The Morgan fingerprint density at radius 3 is 2.79 bits per heavy atom. The van der Waals surface area contributed by atoms with E-state index in [1.807, 2.05) is 12.1 Å². The number of hydrogen-bond donors (Lipinski definition) is 3. The summed E-state index contributed by atoms with van der Waals surface area (Å²) in [5, 5.41) is 8.32. The van der Waals surface area contributed by atoms with Gasteiger partial charge in [0, 0.05) is 32.4 Å². The number of carbonyl (C=O) groups excluding carboxylic acids is 2. The van der Waals surface area contributed by atoms with E-state index in [0.717, 1.165) is 37.3 Å². The van der Waals surface area contributed by atoms with Crippen molar-refractivity contribution in [2.75, 3.05) is 24.5 Å². The molecule has 1 fully saturated rings. The average molecular weight is 333 g/mol. The minimum Gasteiger partial charge on any atom is -0.357 e. The van der Waals surface area contributed by atoms with Crippen LogP contribution in [0, 0.1) is 0 Å². The van der Waals surface area contributed by atoms with E-state index in [-0.39, 0.29) is 11.9 Å². The quantitative estimate of drug-likeness (QED) is 0.734. The maximum absolute atomic E-state index is 12.0. The highest BCUT2D eigenvalue weighted by Gasteiger charge is 2.22. The fraction of sp³-hybridized carbons (Fsp3) is 0.588. The molecule has 0 radical (unpaired) electrons. The summed E-state index contributed by atoms with van der Waals surface area (Å²) in [4.78, 5) is 30.4. The van der Waals surface area contributed by atoms with Crippen molar-refractivity contribution in [1.29, 1.82) is 0 Å². The first kappa shape index (κ1) is 18.0. The molecule has 2 rings (SSSR count). The Morgan fingerprint density at radius 1 is 1.33 bits per heavy atom. The van der Waals surface area contributed by atoms with Crippen molar-refractivity contribution in [1.82, 2.24) is 20.9 Å². The average Bonchev–Trinajstić information content (AvgIpc) is 2.80. The van der Waals surface area contributed by atoms with Crippen LogP contribution in [0.3, 0.4) is 0 Å². The summed E-state index contributed by atoms with van der Waals surface area (Å²) in [5.41, 5.74) is 0.923. The lowest BCUT2D eigenvalue weighted by atomic mass is 10.1. The Balaban J connectivity index is 1.81. The zero-order valence-electron chi connectivity index (χ0n) is 14.5. The van der Waals surface area contributed by atoms with E-state index in [1.54, 1.807) is 6.20 Å². The number of anilines is 1. The van der Waals surface area contributed by atoms with Gasteiger partial charge in [-0.1, -0.05) is 6.07 Å². The van der Waals surface area contributed by atoms with Crippen LogP contribution in [-0.2, 0) is 11.3 Å². The van der Waals surface area contributed by atoms with Crippen LogP contribution in [-0.4, -0.2) is 42.6 Å². The minimum atomic E-state index is -0.448. The number of nitrogens with one attached hydrogen (secondary N) is 3. The van der Waals surface area contributed by atoms with Crippen molar-refractivity contribution in [2.45, 2.75) is 45.7 Å². The van der Waals surface area contributed by atoms with Crippen LogP contribution < -0.4 is 20.9 Å². The van der Waals surface area contributed by atoms with Crippen molar-refractivity contribution in [3.8, 4) is 0 Å². The van der Waals surface area contributed by atoms with Gasteiger partial charge in [0.1, 0.15) is 11.9 Å². The lowest BCUT2D eigenvalue weighted by Gasteiger charge is -2.19. The number of pyridine rings is 1. The number of hydrogen-bond acceptors (Lipinski definition) is 4. The predicted molar refractivity (Wildman–Crippen MR) is 93.8 cm³/mol. The van der Waals surface area contributed by atoms with E-state index in [4.69, 9.17) is 0 Å². The number of rotatable bonds is 6. The minimum absolute atomic E-state index is 0.104. The van der Waals surface area contributed by atoms with Gasteiger partial charge < -0.3 is 20.9 Å². The fourth-order valence-electron chi connectivity index (χ4n) is 2.72. The smallest absolute Gasteiger partial charge is 0.315 e. The molecule has 1 unspecified atom stereocenters. The van der Waals surface area contributed by atoms with Gasteiger partial charge in [-0.25, -0.2) is 9.78 Å². The van der Waals surface area contributed by atoms with Gasteiger partial charge in [-0.05, 0) is 44.7 Å². The van der Waals surface area contributed by atoms with E-state index >= 15 is 0 Å². The number of aromatic nitrogens is 1. The molecule has 1 aromatic rings. The summed E-state index contributed by atoms with van der Waals surface area (Å²) in [5.74, 6) is 0.830. The van der Waals surface area contributed by atoms with Crippen molar-refractivity contribution in [2.24, 2.45) is 0 Å². The monoisotopic (exact) mass is 333 g/mol. The Morgan fingerprint density at radius 2 is 2.12 bits per heavy atom. The summed E-state index contributed by atoms with van der Waals surface area (Å²) in [6.45, 7) is 7.07. The zero-order valence-corrected chi connectivity index (χ0v) is 14.5. The Bertz CT molecular complexity index is 542. The molecule has 0 saturated carbocycles. The molecule has 1 saturated heterocycles. The second-order valence-corrected chi connectivity index (χ2v) is 5.86. The van der Waals surface area contributed by atoms with Crippen LogP contribution in [0.2, 0.25) is 0 Å². The highest BCUT2D eigenvalue weighted by molar-refractivity contribution is 5.87. The standard InChI is InChI=1S/C17H27N5O2/c1-3-22(4-2)15-9-8-13(11-19-15)12-20-17(24)21-14-7-5-6-10-18-16(14)23/h8-9,11,14H,3-7,10,12H2,1-2H3,(H,18,23)(H2,20,21,24). The maximum Gasteiger partial charge on any atom is 0.315 e. The van der Waals surface area contributed by atoms with Crippen molar-refractivity contribution >= 4 is 17.8 Å².